The van der Waals surface area contributed by atoms with Crippen LogP contribution in [0.25, 0.3) is 0 Å². The van der Waals surface area contributed by atoms with Crippen molar-refractivity contribution in [2.75, 3.05) is 0 Å². The Morgan fingerprint density at radius 1 is 1.41 bits per heavy atom. The summed E-state index contributed by atoms with van der Waals surface area (Å²) in [7, 11) is 0. The number of halogens is 1. The van der Waals surface area contributed by atoms with Gasteiger partial charge in [-0.05, 0) is 24.6 Å². The quantitative estimate of drug-likeness (QED) is 0.849. The summed E-state index contributed by atoms with van der Waals surface area (Å²) in [6.45, 7) is 2.39. The maximum absolute atomic E-state index is 5.55. The molecule has 0 spiro atoms. The van der Waals surface area contributed by atoms with Crippen molar-refractivity contribution in [2.24, 2.45) is 0 Å². The molecule has 2 aromatic rings. The Balaban J connectivity index is 1.93. The largest absolute Gasteiger partial charge is 0.485 e. The van der Waals surface area contributed by atoms with Gasteiger partial charge in [-0.25, -0.2) is 0 Å². The molecule has 0 unspecified atom stereocenters. The van der Waals surface area contributed by atoms with E-state index in [1.54, 1.807) is 0 Å². The predicted octanol–water partition coefficient (Wildman–Crippen LogP) is 3.36. The fourth-order valence-electron chi connectivity index (χ4n) is 1.37. The third-order valence-corrected chi connectivity index (χ3v) is 2.63. The van der Waals surface area contributed by atoms with Crippen LogP contribution in [-0.4, -0.2) is 10.1 Å². The summed E-state index contributed by atoms with van der Waals surface area (Å²) in [4.78, 5) is 4.22. The Morgan fingerprint density at radius 3 is 3.06 bits per heavy atom. The highest BCUT2D eigenvalue weighted by Crippen LogP contribution is 2.18. The van der Waals surface area contributed by atoms with Crippen LogP contribution < -0.4 is 4.74 Å². The van der Waals surface area contributed by atoms with Gasteiger partial charge in [0.05, 0.1) is 0 Å². The van der Waals surface area contributed by atoms with Crippen molar-refractivity contribution in [1.29, 1.82) is 0 Å². The van der Waals surface area contributed by atoms with E-state index in [4.69, 9.17) is 9.26 Å². The smallest absolute Gasteiger partial charge is 0.226 e. The van der Waals surface area contributed by atoms with E-state index < -0.39 is 0 Å². The van der Waals surface area contributed by atoms with Crippen LogP contribution in [0.1, 0.15) is 25.1 Å². The number of aryl methyl sites for hydroxylation is 1. The van der Waals surface area contributed by atoms with Gasteiger partial charge < -0.3 is 9.26 Å². The fraction of sp³-hybridized carbons (Fsp3) is 0.333. The van der Waals surface area contributed by atoms with Crippen LogP contribution >= 0.6 is 15.9 Å². The summed E-state index contributed by atoms with van der Waals surface area (Å²) in [5.41, 5.74) is 0. The molecular formula is C12H13BrN2O2. The Bertz CT molecular complexity index is 485. The number of aromatic nitrogens is 2. The molecule has 0 amide bonds. The summed E-state index contributed by atoms with van der Waals surface area (Å²) >= 11 is 3.38. The fourth-order valence-corrected chi connectivity index (χ4v) is 1.75. The monoisotopic (exact) mass is 296 g/mol. The molecule has 0 aliphatic carbocycles. The highest BCUT2D eigenvalue weighted by molar-refractivity contribution is 9.10. The van der Waals surface area contributed by atoms with E-state index in [2.05, 4.69) is 33.0 Å². The molecule has 1 heterocycles. The molecular weight excluding hydrogens is 284 g/mol. The second-order valence-electron chi connectivity index (χ2n) is 3.60. The Labute approximate surface area is 108 Å². The van der Waals surface area contributed by atoms with Crippen LogP contribution in [0.3, 0.4) is 0 Å². The zero-order valence-electron chi connectivity index (χ0n) is 9.52. The number of benzene rings is 1. The van der Waals surface area contributed by atoms with E-state index in [1.165, 1.54) is 0 Å². The van der Waals surface area contributed by atoms with Crippen molar-refractivity contribution in [2.45, 2.75) is 26.4 Å². The topological polar surface area (TPSA) is 48.2 Å². The molecule has 5 heteroatoms. The summed E-state index contributed by atoms with van der Waals surface area (Å²) < 4.78 is 11.6. The van der Waals surface area contributed by atoms with Crippen molar-refractivity contribution in [3.63, 3.8) is 0 Å². The first-order valence-corrected chi connectivity index (χ1v) is 6.27. The number of rotatable bonds is 5. The number of hydrogen-bond donors (Lipinski definition) is 0. The lowest BCUT2D eigenvalue weighted by Gasteiger charge is -2.02. The van der Waals surface area contributed by atoms with E-state index >= 15 is 0 Å². The van der Waals surface area contributed by atoms with Gasteiger partial charge in [0.15, 0.2) is 6.61 Å². The number of ether oxygens (including phenoxy) is 1. The van der Waals surface area contributed by atoms with Gasteiger partial charge in [0.25, 0.3) is 0 Å². The van der Waals surface area contributed by atoms with Crippen LogP contribution in [0.4, 0.5) is 0 Å². The maximum atomic E-state index is 5.55. The van der Waals surface area contributed by atoms with Gasteiger partial charge in [0.2, 0.25) is 11.7 Å². The highest BCUT2D eigenvalue weighted by atomic mass is 79.9. The molecule has 0 atom stereocenters. The van der Waals surface area contributed by atoms with Gasteiger partial charge in [0.1, 0.15) is 5.75 Å². The molecule has 0 bridgehead atoms. The molecule has 0 fully saturated rings. The van der Waals surface area contributed by atoms with Crippen LogP contribution in [-0.2, 0) is 13.0 Å². The second-order valence-corrected chi connectivity index (χ2v) is 4.52. The molecule has 17 heavy (non-hydrogen) atoms. The van der Waals surface area contributed by atoms with Crippen LogP contribution in [0, 0.1) is 0 Å². The van der Waals surface area contributed by atoms with E-state index in [0.717, 1.165) is 23.1 Å². The first kappa shape index (κ1) is 12.1. The Hall–Kier alpha value is -1.36. The van der Waals surface area contributed by atoms with E-state index in [1.807, 2.05) is 24.3 Å². The maximum Gasteiger partial charge on any atom is 0.226 e. The molecule has 90 valence electrons. The van der Waals surface area contributed by atoms with Crippen molar-refractivity contribution in [1.82, 2.24) is 10.1 Å². The zero-order chi connectivity index (χ0) is 12.1. The van der Waals surface area contributed by atoms with Gasteiger partial charge in [-0.15, -0.1) is 0 Å². The average molecular weight is 297 g/mol. The summed E-state index contributed by atoms with van der Waals surface area (Å²) in [6, 6.07) is 7.64. The lowest BCUT2D eigenvalue weighted by Crippen LogP contribution is -1.97. The van der Waals surface area contributed by atoms with Crippen molar-refractivity contribution in [3.05, 3.63) is 40.5 Å². The third kappa shape index (κ3) is 3.56. The van der Waals surface area contributed by atoms with Crippen LogP contribution in [0.15, 0.2) is 33.3 Å². The molecule has 0 aliphatic rings. The van der Waals surface area contributed by atoms with E-state index in [-0.39, 0.29) is 0 Å². The highest BCUT2D eigenvalue weighted by Gasteiger charge is 2.05. The first-order valence-electron chi connectivity index (χ1n) is 5.47. The molecule has 4 nitrogen and oxygen atoms in total. The zero-order valence-corrected chi connectivity index (χ0v) is 11.1. The molecule has 2 rings (SSSR count). The minimum atomic E-state index is 0.323. The summed E-state index contributed by atoms with van der Waals surface area (Å²) in [6.07, 6.45) is 1.80. The second kappa shape index (κ2) is 5.82. The van der Waals surface area contributed by atoms with Gasteiger partial charge in [-0.3, -0.25) is 0 Å². The summed E-state index contributed by atoms with van der Waals surface area (Å²) in [5, 5.41) is 3.85. The third-order valence-electron chi connectivity index (χ3n) is 2.14. The van der Waals surface area contributed by atoms with Gasteiger partial charge in [0, 0.05) is 10.9 Å². The van der Waals surface area contributed by atoms with E-state index in [9.17, 15) is 0 Å². The average Bonchev–Trinajstić information content (AvgIpc) is 2.75. The minimum Gasteiger partial charge on any atom is -0.485 e. The molecule has 0 saturated carbocycles. The van der Waals surface area contributed by atoms with Crippen molar-refractivity contribution in [3.8, 4) is 5.75 Å². The molecule has 1 aromatic carbocycles. The summed E-state index contributed by atoms with van der Waals surface area (Å²) in [5.74, 6) is 2.02. The van der Waals surface area contributed by atoms with Crippen LogP contribution in [0.2, 0.25) is 0 Å². The van der Waals surface area contributed by atoms with Gasteiger partial charge in [-0.1, -0.05) is 34.1 Å². The normalized spacial score (nSPS) is 10.5. The van der Waals surface area contributed by atoms with Crippen molar-refractivity contribution >= 4 is 15.9 Å². The predicted molar refractivity (Wildman–Crippen MR) is 66.8 cm³/mol. The molecule has 1 aromatic heterocycles. The van der Waals surface area contributed by atoms with Gasteiger partial charge >= 0.3 is 0 Å². The van der Waals surface area contributed by atoms with Crippen LogP contribution in [0.5, 0.6) is 5.75 Å². The van der Waals surface area contributed by atoms with Crippen molar-refractivity contribution < 1.29 is 9.26 Å². The van der Waals surface area contributed by atoms with Gasteiger partial charge in [-0.2, -0.15) is 4.98 Å². The molecule has 0 N–H and O–H groups in total. The SMILES string of the molecule is CCCc1nc(COc2cccc(Br)c2)no1. The molecule has 0 radical (unpaired) electrons. The Kier molecular flexibility index (Phi) is 4.14. The molecule has 0 saturated heterocycles. The number of nitrogens with zero attached hydrogens (tertiary/aromatic N) is 2. The number of hydrogen-bond acceptors (Lipinski definition) is 4. The standard InChI is InChI=1S/C12H13BrN2O2/c1-2-4-12-14-11(15-17-12)8-16-10-6-3-5-9(13)7-10/h3,5-7H,2,4,8H2,1H3. The Morgan fingerprint density at radius 2 is 2.29 bits per heavy atom. The molecule has 0 aliphatic heterocycles. The lowest BCUT2D eigenvalue weighted by molar-refractivity contribution is 0.285. The lowest BCUT2D eigenvalue weighted by atomic mass is 10.3. The minimum absolute atomic E-state index is 0.323. The van der Waals surface area contributed by atoms with E-state index in [0.29, 0.717) is 18.3 Å². The first-order chi connectivity index (χ1) is 8.28.